The molecule has 3 rings (SSSR count). The summed E-state index contributed by atoms with van der Waals surface area (Å²) in [5.41, 5.74) is 0.819. The zero-order chi connectivity index (χ0) is 17.8. The van der Waals surface area contributed by atoms with Gasteiger partial charge in [0.05, 0.1) is 26.4 Å². The molecule has 0 saturated heterocycles. The molecule has 7 nitrogen and oxygen atoms in total. The van der Waals surface area contributed by atoms with E-state index in [1.54, 1.807) is 7.11 Å². The second kappa shape index (κ2) is 9.09. The predicted molar refractivity (Wildman–Crippen MR) is 99.8 cm³/mol. The minimum atomic E-state index is -0.0287. The van der Waals surface area contributed by atoms with E-state index in [2.05, 4.69) is 15.3 Å². The number of nitrogens with zero attached hydrogens (tertiary/aromatic N) is 2. The molecule has 0 bridgehead atoms. The SMILES string of the molecule is COc1nc2ccc(OCC3CC(OC[C@H](C)NC(C)=O)C3)nc2s1.F.[HH]. The number of methoxy groups -OCH3 is 1. The quantitative estimate of drug-likeness (QED) is 0.750. The third kappa shape index (κ3) is 5.25. The first-order valence-electron chi connectivity index (χ1n) is 8.36. The van der Waals surface area contributed by atoms with Crippen molar-refractivity contribution >= 4 is 27.6 Å². The summed E-state index contributed by atoms with van der Waals surface area (Å²) in [6, 6.07) is 3.77. The topological polar surface area (TPSA) is 82.6 Å². The second-order valence-corrected chi connectivity index (χ2v) is 7.30. The zero-order valence-corrected chi connectivity index (χ0v) is 15.9. The summed E-state index contributed by atoms with van der Waals surface area (Å²) in [6.45, 7) is 4.64. The highest BCUT2D eigenvalue weighted by Crippen LogP contribution is 2.31. The number of halogens is 1. The predicted octanol–water partition coefficient (Wildman–Crippen LogP) is 2.80. The molecule has 0 spiro atoms. The van der Waals surface area contributed by atoms with Gasteiger partial charge in [0.1, 0.15) is 5.52 Å². The number of ether oxygens (including phenoxy) is 3. The monoisotopic (exact) mass is 387 g/mol. The first-order valence-corrected chi connectivity index (χ1v) is 9.18. The largest absolute Gasteiger partial charge is 0.477 e. The van der Waals surface area contributed by atoms with Crippen LogP contribution < -0.4 is 14.8 Å². The van der Waals surface area contributed by atoms with E-state index in [0.717, 1.165) is 23.2 Å². The maximum Gasteiger partial charge on any atom is 0.275 e. The van der Waals surface area contributed by atoms with Crippen molar-refractivity contribution in [2.45, 2.75) is 38.8 Å². The van der Waals surface area contributed by atoms with Crippen LogP contribution in [0.4, 0.5) is 4.70 Å². The standard InChI is InChI=1S/C17H23N3O4S.FH.H2/c1-10(18-11(2)21)8-23-13-6-12(7-13)9-24-15-5-4-14-16(20-15)25-17(19-14)22-3;;/h4-5,10,12-13H,6-9H2,1-3H3,(H,18,21);2*1H/t10-,12?,13?;;/m0../s1. The minimum Gasteiger partial charge on any atom is -0.477 e. The third-order valence-electron chi connectivity index (χ3n) is 4.08. The van der Waals surface area contributed by atoms with Gasteiger partial charge in [-0.25, -0.2) is 9.97 Å². The first kappa shape index (κ1) is 20.3. The summed E-state index contributed by atoms with van der Waals surface area (Å²) in [6.07, 6.45) is 2.21. The van der Waals surface area contributed by atoms with Gasteiger partial charge in [0.25, 0.3) is 5.19 Å². The van der Waals surface area contributed by atoms with Crippen molar-refractivity contribution in [2.75, 3.05) is 20.3 Å². The molecule has 1 N–H and O–H groups in total. The number of nitrogens with one attached hydrogen (secondary N) is 1. The molecule has 0 unspecified atom stereocenters. The van der Waals surface area contributed by atoms with Gasteiger partial charge >= 0.3 is 0 Å². The Bertz CT molecular complexity index is 742. The van der Waals surface area contributed by atoms with E-state index < -0.39 is 0 Å². The number of pyridine rings is 1. The molecule has 1 amide bonds. The van der Waals surface area contributed by atoms with Gasteiger partial charge in [0.2, 0.25) is 11.8 Å². The highest BCUT2D eigenvalue weighted by atomic mass is 32.1. The van der Waals surface area contributed by atoms with Crippen molar-refractivity contribution in [3.8, 4) is 11.1 Å². The number of rotatable bonds is 8. The van der Waals surface area contributed by atoms with Crippen molar-refractivity contribution < 1.29 is 25.1 Å². The van der Waals surface area contributed by atoms with E-state index in [4.69, 9.17) is 14.2 Å². The zero-order valence-electron chi connectivity index (χ0n) is 15.1. The van der Waals surface area contributed by atoms with E-state index in [0.29, 0.717) is 30.2 Å². The van der Waals surface area contributed by atoms with E-state index in [9.17, 15) is 4.79 Å². The number of hydrogen-bond donors (Lipinski definition) is 1. The van der Waals surface area contributed by atoms with Crippen LogP contribution in [0.5, 0.6) is 11.1 Å². The molecule has 1 saturated carbocycles. The molecular weight excluding hydrogens is 361 g/mol. The molecule has 2 heterocycles. The van der Waals surface area contributed by atoms with Crippen LogP contribution in [0.2, 0.25) is 0 Å². The molecule has 0 radical (unpaired) electrons. The smallest absolute Gasteiger partial charge is 0.275 e. The molecule has 2 aromatic heterocycles. The Kier molecular flexibility index (Phi) is 7.10. The number of fused-ring (bicyclic) bond motifs is 1. The number of carbonyl (C=O) groups excluding carboxylic acids is 1. The van der Waals surface area contributed by atoms with Gasteiger partial charge in [0, 0.05) is 20.5 Å². The number of hydrogen-bond acceptors (Lipinski definition) is 7. The summed E-state index contributed by atoms with van der Waals surface area (Å²) < 4.78 is 16.7. The molecule has 1 atom stereocenters. The Balaban J connectivity index is 0.00000182. The average molecular weight is 387 g/mol. The highest BCUT2D eigenvalue weighted by Gasteiger charge is 2.30. The van der Waals surface area contributed by atoms with Gasteiger partial charge in [-0.15, -0.1) is 0 Å². The maximum atomic E-state index is 11.0. The molecule has 26 heavy (non-hydrogen) atoms. The van der Waals surface area contributed by atoms with Gasteiger partial charge in [-0.1, -0.05) is 11.3 Å². The van der Waals surface area contributed by atoms with E-state index in [1.165, 1.54) is 18.3 Å². The van der Waals surface area contributed by atoms with Crippen molar-refractivity contribution in [2.24, 2.45) is 5.92 Å². The molecule has 0 aromatic carbocycles. The third-order valence-corrected chi connectivity index (χ3v) is 5.00. The summed E-state index contributed by atoms with van der Waals surface area (Å²) in [7, 11) is 1.60. The number of thiazole rings is 1. The van der Waals surface area contributed by atoms with Gasteiger partial charge in [0.15, 0.2) is 4.83 Å². The van der Waals surface area contributed by atoms with Crippen LogP contribution in [0.1, 0.15) is 28.1 Å². The Morgan fingerprint density at radius 1 is 1.42 bits per heavy atom. The van der Waals surface area contributed by atoms with Crippen molar-refractivity contribution in [3.05, 3.63) is 12.1 Å². The van der Waals surface area contributed by atoms with E-state index >= 15 is 0 Å². The lowest BCUT2D eigenvalue weighted by molar-refractivity contribution is -0.120. The molecule has 146 valence electrons. The molecule has 9 heteroatoms. The van der Waals surface area contributed by atoms with Gasteiger partial charge in [-0.2, -0.15) is 0 Å². The van der Waals surface area contributed by atoms with E-state index in [-0.39, 0.29) is 24.2 Å². The van der Waals surface area contributed by atoms with Gasteiger partial charge in [-0.05, 0) is 31.7 Å². The van der Waals surface area contributed by atoms with Crippen molar-refractivity contribution in [1.82, 2.24) is 15.3 Å². The lowest BCUT2D eigenvalue weighted by atomic mass is 9.83. The summed E-state index contributed by atoms with van der Waals surface area (Å²) >= 11 is 1.40. The van der Waals surface area contributed by atoms with Gasteiger partial charge < -0.3 is 19.5 Å². The summed E-state index contributed by atoms with van der Waals surface area (Å²) in [5.74, 6) is 1.07. The van der Waals surface area contributed by atoms with Crippen molar-refractivity contribution in [1.29, 1.82) is 0 Å². The maximum absolute atomic E-state index is 11.0. The Morgan fingerprint density at radius 3 is 2.88 bits per heavy atom. The fourth-order valence-corrected chi connectivity index (χ4v) is 3.51. The molecule has 2 aromatic rings. The van der Waals surface area contributed by atoms with Crippen LogP contribution in [0.3, 0.4) is 0 Å². The molecule has 0 aliphatic heterocycles. The fourth-order valence-electron chi connectivity index (χ4n) is 2.77. The number of amides is 1. The van der Waals surface area contributed by atoms with Crippen LogP contribution >= 0.6 is 11.3 Å². The first-order chi connectivity index (χ1) is 12.0. The Labute approximate surface area is 156 Å². The molecule has 1 fully saturated rings. The average Bonchev–Trinajstić information content (AvgIpc) is 2.94. The van der Waals surface area contributed by atoms with Crippen molar-refractivity contribution in [3.63, 3.8) is 0 Å². The second-order valence-electron chi connectivity index (χ2n) is 6.36. The number of aromatic nitrogens is 2. The summed E-state index contributed by atoms with van der Waals surface area (Å²) in [4.78, 5) is 20.5. The van der Waals surface area contributed by atoms with E-state index in [1.807, 2.05) is 19.1 Å². The van der Waals surface area contributed by atoms with Gasteiger partial charge in [-0.3, -0.25) is 9.50 Å². The molecule has 1 aliphatic rings. The lowest BCUT2D eigenvalue weighted by Gasteiger charge is -2.35. The van der Waals surface area contributed by atoms with Crippen LogP contribution in [0.15, 0.2) is 12.1 Å². The van der Waals surface area contributed by atoms with Crippen LogP contribution in [0, 0.1) is 5.92 Å². The lowest BCUT2D eigenvalue weighted by Crippen LogP contribution is -2.40. The normalized spacial score (nSPS) is 20.0. The summed E-state index contributed by atoms with van der Waals surface area (Å²) in [5, 5.41) is 3.42. The number of carbonyl (C=O) groups is 1. The minimum absolute atomic E-state index is 0. The molecular formula is C17H26FN3O4S. The van der Waals surface area contributed by atoms with Crippen LogP contribution in [-0.2, 0) is 9.53 Å². The molecule has 1 aliphatic carbocycles. The Hall–Kier alpha value is -2.00. The van der Waals surface area contributed by atoms with Crippen LogP contribution in [0.25, 0.3) is 10.3 Å². The Morgan fingerprint density at radius 2 is 2.19 bits per heavy atom. The highest BCUT2D eigenvalue weighted by molar-refractivity contribution is 7.19. The fraction of sp³-hybridized carbons (Fsp3) is 0.588. The van der Waals surface area contributed by atoms with Crippen LogP contribution in [-0.4, -0.2) is 48.3 Å².